The van der Waals surface area contributed by atoms with Gasteiger partial charge in [-0.05, 0) is 61.9 Å². The van der Waals surface area contributed by atoms with Crippen LogP contribution in [0.4, 0.5) is 17.1 Å². The predicted octanol–water partition coefficient (Wildman–Crippen LogP) is 3.08. The Hall–Kier alpha value is -2.20. The van der Waals surface area contributed by atoms with Crippen LogP contribution in [0.5, 0.6) is 0 Å². The van der Waals surface area contributed by atoms with Crippen molar-refractivity contribution in [2.24, 2.45) is 5.73 Å². The van der Waals surface area contributed by atoms with E-state index in [1.165, 1.54) is 22.6 Å². The third kappa shape index (κ3) is 4.20. The summed E-state index contributed by atoms with van der Waals surface area (Å²) in [5, 5.41) is 3.40. The number of benzene rings is 2. The van der Waals surface area contributed by atoms with Crippen molar-refractivity contribution in [2.75, 3.05) is 54.4 Å². The Labute approximate surface area is 145 Å². The maximum absolute atomic E-state index is 5.53. The lowest BCUT2D eigenvalue weighted by atomic mass is 10.1. The molecule has 1 aliphatic heterocycles. The second-order valence-electron chi connectivity index (χ2n) is 6.43. The van der Waals surface area contributed by atoms with Gasteiger partial charge in [0, 0.05) is 49.8 Å². The molecular weight excluding hydrogens is 296 g/mol. The van der Waals surface area contributed by atoms with Crippen molar-refractivity contribution in [3.05, 3.63) is 54.1 Å². The van der Waals surface area contributed by atoms with Crippen LogP contribution < -0.4 is 20.9 Å². The highest BCUT2D eigenvalue weighted by Crippen LogP contribution is 2.22. The Bertz CT molecular complexity index is 630. The van der Waals surface area contributed by atoms with Gasteiger partial charge in [0.25, 0.3) is 0 Å². The monoisotopic (exact) mass is 324 g/mol. The molecule has 24 heavy (non-hydrogen) atoms. The molecule has 1 saturated heterocycles. The average Bonchev–Trinajstić information content (AvgIpc) is 2.63. The summed E-state index contributed by atoms with van der Waals surface area (Å²) < 4.78 is 0. The minimum Gasteiger partial charge on any atom is -0.385 e. The number of nitrogens with two attached hydrogens (primary N) is 1. The first kappa shape index (κ1) is 16.7. The topological polar surface area (TPSA) is 44.5 Å². The van der Waals surface area contributed by atoms with Gasteiger partial charge in [-0.1, -0.05) is 12.1 Å². The summed E-state index contributed by atoms with van der Waals surface area (Å²) in [4.78, 5) is 4.95. The second-order valence-corrected chi connectivity index (χ2v) is 6.43. The van der Waals surface area contributed by atoms with E-state index in [2.05, 4.69) is 70.6 Å². The molecule has 0 saturated carbocycles. The van der Waals surface area contributed by atoms with Crippen LogP contribution in [0.25, 0.3) is 0 Å². The summed E-state index contributed by atoms with van der Waals surface area (Å²) in [7, 11) is 0. The van der Waals surface area contributed by atoms with Crippen LogP contribution in [0.2, 0.25) is 0 Å². The Morgan fingerprint density at radius 3 is 2.21 bits per heavy atom. The minimum absolute atomic E-state index is 0.732. The van der Waals surface area contributed by atoms with Crippen LogP contribution in [0.15, 0.2) is 48.5 Å². The first-order valence-electron chi connectivity index (χ1n) is 8.87. The van der Waals surface area contributed by atoms with Crippen LogP contribution in [0.3, 0.4) is 0 Å². The van der Waals surface area contributed by atoms with Crippen LogP contribution in [0.1, 0.15) is 12.0 Å². The van der Waals surface area contributed by atoms with Crippen molar-refractivity contribution in [3.63, 3.8) is 0 Å². The lowest BCUT2D eigenvalue weighted by Gasteiger charge is -2.37. The van der Waals surface area contributed by atoms with Crippen LogP contribution >= 0.6 is 0 Å². The average molecular weight is 324 g/mol. The van der Waals surface area contributed by atoms with Gasteiger partial charge in [0.2, 0.25) is 0 Å². The molecule has 1 heterocycles. The van der Waals surface area contributed by atoms with E-state index in [0.29, 0.717) is 0 Å². The third-order valence-corrected chi connectivity index (χ3v) is 4.59. The molecule has 2 aromatic carbocycles. The van der Waals surface area contributed by atoms with Gasteiger partial charge in [-0.2, -0.15) is 0 Å². The quantitative estimate of drug-likeness (QED) is 0.802. The number of hydrogen-bond donors (Lipinski definition) is 2. The standard InChI is InChI=1S/C20H28N4/c1-17-4-2-5-20(16-17)24-14-12-23(13-15-24)19-8-6-18(7-9-19)22-11-3-10-21/h2,4-9,16,22H,3,10-15,21H2,1H3. The van der Waals surface area contributed by atoms with Crippen LogP contribution in [0, 0.1) is 6.92 Å². The number of nitrogens with one attached hydrogen (secondary N) is 1. The molecule has 0 atom stereocenters. The van der Waals surface area contributed by atoms with Gasteiger partial charge in [0.05, 0.1) is 0 Å². The number of rotatable bonds is 6. The molecule has 0 spiro atoms. The zero-order chi connectivity index (χ0) is 16.8. The smallest absolute Gasteiger partial charge is 0.0370 e. The first-order valence-corrected chi connectivity index (χ1v) is 8.87. The molecule has 3 N–H and O–H groups in total. The van der Waals surface area contributed by atoms with E-state index >= 15 is 0 Å². The first-order chi connectivity index (χ1) is 11.8. The van der Waals surface area contributed by atoms with E-state index < -0.39 is 0 Å². The van der Waals surface area contributed by atoms with Gasteiger partial charge in [0.15, 0.2) is 0 Å². The summed E-state index contributed by atoms with van der Waals surface area (Å²) in [6.07, 6.45) is 1.00. The molecule has 2 aromatic rings. The fourth-order valence-electron chi connectivity index (χ4n) is 3.17. The normalized spacial score (nSPS) is 14.8. The molecule has 0 aliphatic carbocycles. The molecule has 0 radical (unpaired) electrons. The van der Waals surface area contributed by atoms with E-state index in [1.807, 2.05) is 0 Å². The number of hydrogen-bond acceptors (Lipinski definition) is 4. The Balaban J connectivity index is 1.54. The zero-order valence-corrected chi connectivity index (χ0v) is 14.5. The van der Waals surface area contributed by atoms with E-state index in [0.717, 1.165) is 45.7 Å². The highest BCUT2D eigenvalue weighted by Gasteiger charge is 2.17. The lowest BCUT2D eigenvalue weighted by molar-refractivity contribution is 0.653. The molecule has 1 fully saturated rings. The van der Waals surface area contributed by atoms with Crippen LogP contribution in [-0.2, 0) is 0 Å². The summed E-state index contributed by atoms with van der Waals surface area (Å²) in [5.74, 6) is 0. The molecule has 0 aromatic heterocycles. The number of anilines is 3. The fraction of sp³-hybridized carbons (Fsp3) is 0.400. The number of nitrogens with zero attached hydrogens (tertiary/aromatic N) is 2. The summed E-state index contributed by atoms with van der Waals surface area (Å²) in [6.45, 7) is 8.09. The molecule has 0 bridgehead atoms. The van der Waals surface area contributed by atoms with Gasteiger partial charge < -0.3 is 20.9 Å². The van der Waals surface area contributed by atoms with Crippen molar-refractivity contribution in [2.45, 2.75) is 13.3 Å². The second kappa shape index (κ2) is 8.06. The molecule has 128 valence electrons. The van der Waals surface area contributed by atoms with Gasteiger partial charge in [0.1, 0.15) is 0 Å². The van der Waals surface area contributed by atoms with Crippen molar-refractivity contribution in [1.82, 2.24) is 0 Å². The van der Waals surface area contributed by atoms with Gasteiger partial charge in [-0.25, -0.2) is 0 Å². The van der Waals surface area contributed by atoms with Crippen molar-refractivity contribution in [1.29, 1.82) is 0 Å². The number of piperazine rings is 1. The van der Waals surface area contributed by atoms with Crippen molar-refractivity contribution >= 4 is 17.1 Å². The fourth-order valence-corrected chi connectivity index (χ4v) is 3.17. The maximum atomic E-state index is 5.53. The van der Waals surface area contributed by atoms with Gasteiger partial charge in [-0.3, -0.25) is 0 Å². The minimum atomic E-state index is 0.732. The molecule has 1 aliphatic rings. The van der Waals surface area contributed by atoms with Crippen molar-refractivity contribution < 1.29 is 0 Å². The molecular formula is C20H28N4. The van der Waals surface area contributed by atoms with E-state index in [4.69, 9.17) is 5.73 Å². The maximum Gasteiger partial charge on any atom is 0.0370 e. The highest BCUT2D eigenvalue weighted by molar-refractivity contribution is 5.57. The predicted molar refractivity (Wildman–Crippen MR) is 104 cm³/mol. The Morgan fingerprint density at radius 2 is 1.58 bits per heavy atom. The highest BCUT2D eigenvalue weighted by atomic mass is 15.3. The SMILES string of the molecule is Cc1cccc(N2CCN(c3ccc(NCCCN)cc3)CC2)c1. The lowest BCUT2D eigenvalue weighted by Crippen LogP contribution is -2.46. The molecule has 0 unspecified atom stereocenters. The van der Waals surface area contributed by atoms with E-state index in [1.54, 1.807) is 0 Å². The Kier molecular flexibility index (Phi) is 5.59. The summed E-state index contributed by atoms with van der Waals surface area (Å²) >= 11 is 0. The van der Waals surface area contributed by atoms with Gasteiger partial charge >= 0.3 is 0 Å². The summed E-state index contributed by atoms with van der Waals surface area (Å²) in [5.41, 5.74) is 10.7. The zero-order valence-electron chi connectivity index (χ0n) is 14.5. The third-order valence-electron chi connectivity index (χ3n) is 4.59. The van der Waals surface area contributed by atoms with E-state index in [9.17, 15) is 0 Å². The van der Waals surface area contributed by atoms with Gasteiger partial charge in [-0.15, -0.1) is 0 Å². The summed E-state index contributed by atoms with van der Waals surface area (Å²) in [6, 6.07) is 17.6. The molecule has 4 nitrogen and oxygen atoms in total. The molecule has 4 heteroatoms. The largest absolute Gasteiger partial charge is 0.385 e. The number of aryl methyl sites for hydroxylation is 1. The Morgan fingerprint density at radius 1 is 0.917 bits per heavy atom. The van der Waals surface area contributed by atoms with E-state index in [-0.39, 0.29) is 0 Å². The van der Waals surface area contributed by atoms with Crippen LogP contribution in [-0.4, -0.2) is 39.3 Å². The van der Waals surface area contributed by atoms with Crippen molar-refractivity contribution in [3.8, 4) is 0 Å². The molecule has 3 rings (SSSR count). The molecule has 0 amide bonds.